The van der Waals surface area contributed by atoms with Crippen molar-refractivity contribution in [2.45, 2.75) is 56.5 Å². The molecule has 1 heterocycles. The van der Waals surface area contributed by atoms with Gasteiger partial charge in [0, 0.05) is 6.04 Å². The minimum Gasteiger partial charge on any atom is -0.368 e. The number of aromatic amines is 1. The minimum atomic E-state index is -0.227. The first-order valence-corrected chi connectivity index (χ1v) is 8.00. The van der Waals surface area contributed by atoms with Crippen molar-refractivity contribution in [3.05, 3.63) is 0 Å². The van der Waals surface area contributed by atoms with Crippen LogP contribution in [0.2, 0.25) is 0 Å². The monoisotopic (exact) mass is 297 g/mol. The third-order valence-corrected chi connectivity index (χ3v) is 5.13. The van der Waals surface area contributed by atoms with E-state index in [0.717, 1.165) is 6.42 Å². The Labute approximate surface area is 123 Å². The molecule has 7 heteroatoms. The van der Waals surface area contributed by atoms with E-state index in [2.05, 4.69) is 34.3 Å². The third-order valence-electron chi connectivity index (χ3n) is 4.17. The molecule has 0 aliphatic heterocycles. The molecule has 112 valence electrons. The second-order valence-corrected chi connectivity index (χ2v) is 6.95. The van der Waals surface area contributed by atoms with Gasteiger partial charge in [-0.05, 0) is 25.2 Å². The molecule has 1 aromatic heterocycles. The molecule has 6 nitrogen and oxygen atoms in total. The molecule has 1 aliphatic rings. The number of hydrogen-bond acceptors (Lipinski definition) is 5. The van der Waals surface area contributed by atoms with Crippen LogP contribution >= 0.6 is 11.8 Å². The molecule has 0 bridgehead atoms. The number of carbonyl (C=O) groups is 1. The van der Waals surface area contributed by atoms with E-state index in [-0.39, 0.29) is 23.1 Å². The predicted octanol–water partition coefficient (Wildman–Crippen LogP) is 1.81. The Kier molecular flexibility index (Phi) is 4.91. The number of H-pyrrole nitrogens is 1. The largest absolute Gasteiger partial charge is 0.368 e. The molecule has 0 radical (unpaired) electrons. The number of hydrogen-bond donors (Lipinski definition) is 3. The summed E-state index contributed by atoms with van der Waals surface area (Å²) >= 11 is 1.32. The zero-order chi connectivity index (χ0) is 14.7. The van der Waals surface area contributed by atoms with Gasteiger partial charge in [-0.1, -0.05) is 38.5 Å². The van der Waals surface area contributed by atoms with Crippen molar-refractivity contribution in [1.29, 1.82) is 0 Å². The summed E-state index contributed by atoms with van der Waals surface area (Å²) in [7, 11) is 0. The van der Waals surface area contributed by atoms with Crippen molar-refractivity contribution < 1.29 is 4.79 Å². The van der Waals surface area contributed by atoms with Crippen molar-refractivity contribution in [3.8, 4) is 0 Å². The summed E-state index contributed by atoms with van der Waals surface area (Å²) in [6, 6.07) is 0.284. The molecule has 1 aromatic rings. The van der Waals surface area contributed by atoms with Crippen LogP contribution < -0.4 is 11.1 Å². The lowest BCUT2D eigenvalue weighted by atomic mass is 9.78. The highest BCUT2D eigenvalue weighted by Gasteiger charge is 2.29. The number of nitrogens with one attached hydrogen (secondary N) is 2. The molecule has 0 saturated heterocycles. The molecular formula is C13H23N5OS. The summed E-state index contributed by atoms with van der Waals surface area (Å²) in [5.74, 6) is 1.52. The Bertz CT molecular complexity index is 463. The van der Waals surface area contributed by atoms with Gasteiger partial charge in [0.25, 0.3) is 0 Å². The Balaban J connectivity index is 1.87. The van der Waals surface area contributed by atoms with Crippen LogP contribution in [0.25, 0.3) is 0 Å². The number of nitrogen functional groups attached to an aromatic ring is 1. The van der Waals surface area contributed by atoms with Gasteiger partial charge >= 0.3 is 0 Å². The van der Waals surface area contributed by atoms with E-state index in [4.69, 9.17) is 5.73 Å². The first-order chi connectivity index (χ1) is 9.47. The number of nitrogens with two attached hydrogens (primary N) is 1. The van der Waals surface area contributed by atoms with E-state index < -0.39 is 0 Å². The SMILES string of the molecule is CC(Sc1n[nH]c(N)n1)C(=O)NC1CCCC(C)C1C. The van der Waals surface area contributed by atoms with Gasteiger partial charge in [0.2, 0.25) is 17.0 Å². The van der Waals surface area contributed by atoms with Crippen LogP contribution in [-0.2, 0) is 4.79 Å². The summed E-state index contributed by atoms with van der Waals surface area (Å²) in [4.78, 5) is 16.2. The number of rotatable bonds is 4. The van der Waals surface area contributed by atoms with Crippen LogP contribution in [0.4, 0.5) is 5.95 Å². The van der Waals surface area contributed by atoms with E-state index in [1.807, 2.05) is 6.92 Å². The molecule has 4 unspecified atom stereocenters. The fourth-order valence-electron chi connectivity index (χ4n) is 2.61. The van der Waals surface area contributed by atoms with Gasteiger partial charge in [0.15, 0.2) is 0 Å². The maximum Gasteiger partial charge on any atom is 0.233 e. The van der Waals surface area contributed by atoms with Crippen LogP contribution in [0, 0.1) is 11.8 Å². The van der Waals surface area contributed by atoms with E-state index >= 15 is 0 Å². The second kappa shape index (κ2) is 6.47. The lowest BCUT2D eigenvalue weighted by Gasteiger charge is -2.35. The number of thioether (sulfide) groups is 1. The predicted molar refractivity (Wildman–Crippen MR) is 80.2 cm³/mol. The average molecular weight is 297 g/mol. The highest BCUT2D eigenvalue weighted by molar-refractivity contribution is 8.00. The molecule has 4 N–H and O–H groups in total. The van der Waals surface area contributed by atoms with Gasteiger partial charge in [-0.15, -0.1) is 5.10 Å². The van der Waals surface area contributed by atoms with Gasteiger partial charge < -0.3 is 11.1 Å². The Morgan fingerprint density at radius 2 is 2.25 bits per heavy atom. The Morgan fingerprint density at radius 1 is 1.50 bits per heavy atom. The van der Waals surface area contributed by atoms with Gasteiger partial charge in [-0.3, -0.25) is 4.79 Å². The molecule has 1 saturated carbocycles. The maximum absolute atomic E-state index is 12.2. The van der Waals surface area contributed by atoms with E-state index in [1.165, 1.54) is 24.6 Å². The quantitative estimate of drug-likeness (QED) is 0.736. The minimum absolute atomic E-state index is 0.0457. The van der Waals surface area contributed by atoms with Crippen molar-refractivity contribution in [2.75, 3.05) is 5.73 Å². The van der Waals surface area contributed by atoms with Gasteiger partial charge in [-0.25, -0.2) is 5.10 Å². The van der Waals surface area contributed by atoms with Crippen molar-refractivity contribution in [3.63, 3.8) is 0 Å². The number of amides is 1. The standard InChI is InChI=1S/C13H23N5OS/c1-7-5-4-6-10(8(7)2)15-11(19)9(3)20-13-16-12(14)17-18-13/h7-10H,4-6H2,1-3H3,(H,15,19)(H3,14,16,17,18). The van der Waals surface area contributed by atoms with Gasteiger partial charge in [0.1, 0.15) is 0 Å². The smallest absolute Gasteiger partial charge is 0.233 e. The van der Waals surface area contributed by atoms with E-state index in [0.29, 0.717) is 17.0 Å². The maximum atomic E-state index is 12.2. The number of aromatic nitrogens is 3. The van der Waals surface area contributed by atoms with Gasteiger partial charge in [0.05, 0.1) is 5.25 Å². The third kappa shape index (κ3) is 3.65. The van der Waals surface area contributed by atoms with Crippen LogP contribution in [0.5, 0.6) is 0 Å². The summed E-state index contributed by atoms with van der Waals surface area (Å²) in [6.45, 7) is 6.35. The van der Waals surface area contributed by atoms with Crippen LogP contribution in [-0.4, -0.2) is 32.4 Å². The van der Waals surface area contributed by atoms with Crippen LogP contribution in [0.1, 0.15) is 40.0 Å². The normalized spacial score (nSPS) is 28.1. The summed E-state index contributed by atoms with van der Waals surface area (Å²) < 4.78 is 0. The average Bonchev–Trinajstić information content (AvgIpc) is 2.80. The Hall–Kier alpha value is -1.24. The topological polar surface area (TPSA) is 96.7 Å². The molecule has 4 atom stereocenters. The van der Waals surface area contributed by atoms with Crippen LogP contribution in [0.3, 0.4) is 0 Å². The molecule has 1 fully saturated rings. The summed E-state index contributed by atoms with van der Waals surface area (Å²) in [5, 5.41) is 9.96. The molecule has 1 aliphatic carbocycles. The highest BCUT2D eigenvalue weighted by Crippen LogP contribution is 2.30. The number of carbonyl (C=O) groups excluding carboxylic acids is 1. The summed E-state index contributed by atoms with van der Waals surface area (Å²) in [5.41, 5.74) is 5.47. The first kappa shape index (κ1) is 15.2. The summed E-state index contributed by atoms with van der Waals surface area (Å²) in [6.07, 6.45) is 3.52. The van der Waals surface area contributed by atoms with Gasteiger partial charge in [-0.2, -0.15) is 4.98 Å². The van der Waals surface area contributed by atoms with Crippen molar-refractivity contribution in [2.24, 2.45) is 11.8 Å². The van der Waals surface area contributed by atoms with Crippen molar-refractivity contribution in [1.82, 2.24) is 20.5 Å². The molecular weight excluding hydrogens is 274 g/mol. The lowest BCUT2D eigenvalue weighted by molar-refractivity contribution is -0.121. The second-order valence-electron chi connectivity index (χ2n) is 5.65. The zero-order valence-corrected chi connectivity index (χ0v) is 13.0. The van der Waals surface area contributed by atoms with E-state index in [9.17, 15) is 4.79 Å². The van der Waals surface area contributed by atoms with E-state index in [1.54, 1.807) is 0 Å². The number of anilines is 1. The first-order valence-electron chi connectivity index (χ1n) is 7.12. The molecule has 1 amide bonds. The zero-order valence-electron chi connectivity index (χ0n) is 12.2. The molecule has 20 heavy (non-hydrogen) atoms. The van der Waals surface area contributed by atoms with Crippen LogP contribution in [0.15, 0.2) is 5.16 Å². The molecule has 2 rings (SSSR count). The fourth-order valence-corrected chi connectivity index (χ4v) is 3.35. The highest BCUT2D eigenvalue weighted by atomic mass is 32.2. The Morgan fingerprint density at radius 3 is 2.90 bits per heavy atom. The fraction of sp³-hybridized carbons (Fsp3) is 0.769. The molecule has 0 aromatic carbocycles. The molecule has 0 spiro atoms. The number of nitrogens with zero attached hydrogens (tertiary/aromatic N) is 2. The van der Waals surface area contributed by atoms with Crippen molar-refractivity contribution >= 4 is 23.6 Å². The lowest BCUT2D eigenvalue weighted by Crippen LogP contribution is -2.46.